The third-order valence-corrected chi connectivity index (χ3v) is 10.1. The number of nitrogens with zero attached hydrogens (tertiary/aromatic N) is 9. The molecule has 2 aliphatic heterocycles. The Balaban J connectivity index is 1.15. The summed E-state index contributed by atoms with van der Waals surface area (Å²) in [6, 6.07) is 10.5. The maximum Gasteiger partial charge on any atom is 0.394 e. The molecule has 1 aliphatic carbocycles. The van der Waals surface area contributed by atoms with Gasteiger partial charge >= 0.3 is 6.18 Å². The highest BCUT2D eigenvalue weighted by molar-refractivity contribution is 7.97. The molecule has 1 saturated carbocycles. The smallest absolute Gasteiger partial charge is 0.394 e. The minimum atomic E-state index is -4.23. The molecule has 254 valence electrons. The van der Waals surface area contributed by atoms with Crippen molar-refractivity contribution < 1.29 is 22.7 Å². The lowest BCUT2D eigenvalue weighted by Crippen LogP contribution is -2.40. The van der Waals surface area contributed by atoms with E-state index in [0.29, 0.717) is 59.4 Å². The number of fused-ring (bicyclic) bond motifs is 7. The Labute approximate surface area is 279 Å². The Morgan fingerprint density at radius 1 is 1.12 bits per heavy atom. The maximum atomic E-state index is 13.7. The molecule has 48 heavy (non-hydrogen) atoms. The zero-order valence-electron chi connectivity index (χ0n) is 26.6. The summed E-state index contributed by atoms with van der Waals surface area (Å²) in [6.07, 6.45) is 0.284. The number of tetrazole rings is 1. The summed E-state index contributed by atoms with van der Waals surface area (Å²) in [6.45, 7) is 5.99. The van der Waals surface area contributed by atoms with E-state index in [1.54, 1.807) is 30.5 Å². The predicted octanol–water partition coefficient (Wildman–Crippen LogP) is 5.21. The van der Waals surface area contributed by atoms with E-state index in [2.05, 4.69) is 54.4 Å². The molecule has 1 unspecified atom stereocenters. The first-order valence-electron chi connectivity index (χ1n) is 16.0. The number of carbonyl (C=O) groups excluding carboxylic acids is 1. The average molecular weight is 684 g/mol. The van der Waals surface area contributed by atoms with Crippen LogP contribution in [0.4, 0.5) is 24.8 Å². The fourth-order valence-electron chi connectivity index (χ4n) is 6.54. The van der Waals surface area contributed by atoms with Crippen molar-refractivity contribution in [2.75, 3.05) is 23.4 Å². The van der Waals surface area contributed by atoms with Crippen LogP contribution in [-0.2, 0) is 13.1 Å². The van der Waals surface area contributed by atoms with E-state index in [9.17, 15) is 18.0 Å². The van der Waals surface area contributed by atoms with Crippen LogP contribution in [0.25, 0.3) is 5.82 Å². The molecular formula is C31H36F3N11O2S. The van der Waals surface area contributed by atoms with Gasteiger partial charge in [0.25, 0.3) is 5.91 Å². The van der Waals surface area contributed by atoms with Crippen molar-refractivity contribution in [2.45, 2.75) is 82.2 Å². The minimum Gasteiger partial charge on any atom is -0.477 e. The van der Waals surface area contributed by atoms with Gasteiger partial charge in [0.05, 0.1) is 24.1 Å². The molecule has 0 spiro atoms. The first-order chi connectivity index (χ1) is 23.0. The number of alkyl halides is 3. The number of aromatic nitrogens is 8. The molecule has 1 saturated heterocycles. The van der Waals surface area contributed by atoms with Crippen LogP contribution in [0.1, 0.15) is 68.6 Å². The standard InChI is InChI=1S/C31H36F3N11O2S/c1-29(2)17-20-5-4-14-45-24(38-41-42-45)18-35-22-6-3-7-26(36-22)48-40-28(46)21-8-9-23(37-27(21)43(29)19-20)44-15-10-25(39-44)47-16-13-30(11-12-30)31(32,33)34/h3,6-10,15,20H,4-5,11-14,16-19H2,1-2H3,(H,35,36)(H,40,46). The van der Waals surface area contributed by atoms with Gasteiger partial charge in [-0.1, -0.05) is 6.07 Å². The summed E-state index contributed by atoms with van der Waals surface area (Å²) >= 11 is 1.10. The number of nitrogens with one attached hydrogen (secondary N) is 2. The van der Waals surface area contributed by atoms with E-state index in [4.69, 9.17) is 9.72 Å². The maximum absolute atomic E-state index is 13.7. The molecule has 2 N–H and O–H groups in total. The van der Waals surface area contributed by atoms with Crippen LogP contribution in [0.5, 0.6) is 5.88 Å². The number of rotatable bonds is 5. The number of halogens is 3. The van der Waals surface area contributed by atoms with Crippen molar-refractivity contribution in [2.24, 2.45) is 11.3 Å². The summed E-state index contributed by atoms with van der Waals surface area (Å²) in [7, 11) is 0. The molecule has 4 bridgehead atoms. The summed E-state index contributed by atoms with van der Waals surface area (Å²) < 4.78 is 51.9. The molecule has 3 aliphatic rings. The Hall–Kier alpha value is -4.41. The number of hydrogen-bond donors (Lipinski definition) is 2. The molecule has 0 radical (unpaired) electrons. The first-order valence-corrected chi connectivity index (χ1v) is 16.8. The van der Waals surface area contributed by atoms with Crippen molar-refractivity contribution in [3.8, 4) is 11.7 Å². The fourth-order valence-corrected chi connectivity index (χ4v) is 7.14. The number of aryl methyl sites for hydroxylation is 1. The molecule has 0 aromatic carbocycles. The van der Waals surface area contributed by atoms with Crippen LogP contribution in [0, 0.1) is 11.3 Å². The monoisotopic (exact) mass is 683 g/mol. The summed E-state index contributed by atoms with van der Waals surface area (Å²) in [4.78, 5) is 25.5. The number of pyridine rings is 2. The van der Waals surface area contributed by atoms with E-state index < -0.39 is 11.6 Å². The van der Waals surface area contributed by atoms with Crippen molar-refractivity contribution in [3.63, 3.8) is 0 Å². The van der Waals surface area contributed by atoms with E-state index in [-0.39, 0.29) is 43.2 Å². The lowest BCUT2D eigenvalue weighted by Gasteiger charge is -2.34. The van der Waals surface area contributed by atoms with Crippen LogP contribution in [0.15, 0.2) is 47.6 Å². The van der Waals surface area contributed by atoms with Crippen LogP contribution in [0.3, 0.4) is 0 Å². The fraction of sp³-hybridized carbons (Fsp3) is 0.516. The highest BCUT2D eigenvalue weighted by Gasteiger charge is 2.62. The molecule has 2 fully saturated rings. The molecule has 13 nitrogen and oxygen atoms in total. The lowest BCUT2D eigenvalue weighted by molar-refractivity contribution is -0.190. The van der Waals surface area contributed by atoms with Gasteiger partial charge in [0.2, 0.25) is 5.88 Å². The predicted molar refractivity (Wildman–Crippen MR) is 171 cm³/mol. The second-order valence-corrected chi connectivity index (χ2v) is 14.0. The van der Waals surface area contributed by atoms with Crippen molar-refractivity contribution in [3.05, 3.63) is 54.0 Å². The molecule has 17 heteroatoms. The van der Waals surface area contributed by atoms with Crippen molar-refractivity contribution in [1.82, 2.24) is 44.7 Å². The number of hydrogen-bond acceptors (Lipinski definition) is 11. The third-order valence-electron chi connectivity index (χ3n) is 9.39. The Kier molecular flexibility index (Phi) is 8.41. The normalized spacial score (nSPS) is 20.5. The topological polar surface area (TPSA) is 141 Å². The van der Waals surface area contributed by atoms with Crippen LogP contribution >= 0.6 is 11.9 Å². The van der Waals surface area contributed by atoms with Crippen LogP contribution in [-0.4, -0.2) is 70.7 Å². The lowest BCUT2D eigenvalue weighted by atomic mass is 9.93. The van der Waals surface area contributed by atoms with Crippen molar-refractivity contribution >= 4 is 29.5 Å². The van der Waals surface area contributed by atoms with Gasteiger partial charge in [-0.15, -0.1) is 10.2 Å². The molecule has 6 heterocycles. The Bertz CT molecular complexity index is 1790. The van der Waals surface area contributed by atoms with Gasteiger partial charge in [-0.25, -0.2) is 19.3 Å². The summed E-state index contributed by atoms with van der Waals surface area (Å²) in [5.41, 5.74) is -1.54. The third kappa shape index (κ3) is 6.64. The van der Waals surface area contributed by atoms with Gasteiger partial charge in [0, 0.05) is 42.8 Å². The van der Waals surface area contributed by atoms with Gasteiger partial charge in [-0.3, -0.25) is 9.52 Å². The van der Waals surface area contributed by atoms with Gasteiger partial charge < -0.3 is 15.0 Å². The van der Waals surface area contributed by atoms with E-state index in [1.165, 1.54) is 4.68 Å². The highest BCUT2D eigenvalue weighted by Crippen LogP contribution is 2.59. The number of anilines is 2. The average Bonchev–Trinajstić information content (AvgIpc) is 3.35. The molecule has 1 atom stereocenters. The second-order valence-electron chi connectivity index (χ2n) is 13.2. The second kappa shape index (κ2) is 12.6. The number of amides is 1. The summed E-state index contributed by atoms with van der Waals surface area (Å²) in [5.74, 6) is 2.53. The first kappa shape index (κ1) is 32.2. The highest BCUT2D eigenvalue weighted by atomic mass is 32.2. The quantitative estimate of drug-likeness (QED) is 0.268. The van der Waals surface area contributed by atoms with E-state index in [1.807, 2.05) is 16.8 Å². The SMILES string of the molecule is CC1(C)CC2CCCn3nnnc3CNc3cccc(n3)SNC(=O)c3ccc(-n4ccc(OCCC5(C(F)(F)F)CC5)n4)nc3N1C2. The van der Waals surface area contributed by atoms with E-state index in [0.717, 1.165) is 31.2 Å². The molecule has 4 aromatic heterocycles. The van der Waals surface area contributed by atoms with Crippen LogP contribution in [0.2, 0.25) is 0 Å². The van der Waals surface area contributed by atoms with Gasteiger partial charge in [-0.05, 0) is 93.0 Å². The number of ether oxygens (including phenoxy) is 1. The Morgan fingerprint density at radius 2 is 1.98 bits per heavy atom. The van der Waals surface area contributed by atoms with Gasteiger partial charge in [-0.2, -0.15) is 13.2 Å². The van der Waals surface area contributed by atoms with E-state index >= 15 is 0 Å². The number of carbonyl (C=O) groups is 1. The molecule has 4 aromatic rings. The van der Waals surface area contributed by atoms with Crippen molar-refractivity contribution in [1.29, 1.82) is 0 Å². The molecular weight excluding hydrogens is 647 g/mol. The largest absolute Gasteiger partial charge is 0.477 e. The minimum absolute atomic E-state index is 0.0854. The molecule has 7 rings (SSSR count). The van der Waals surface area contributed by atoms with Crippen LogP contribution < -0.4 is 19.7 Å². The Morgan fingerprint density at radius 3 is 2.79 bits per heavy atom. The zero-order valence-corrected chi connectivity index (χ0v) is 27.4. The summed E-state index contributed by atoms with van der Waals surface area (Å²) in [5, 5.41) is 20.5. The van der Waals surface area contributed by atoms with Gasteiger partial charge in [0.1, 0.15) is 16.7 Å². The molecule has 1 amide bonds. The zero-order chi connectivity index (χ0) is 33.5. The van der Waals surface area contributed by atoms with Gasteiger partial charge in [0.15, 0.2) is 11.6 Å².